The molecule has 1 unspecified atom stereocenters. The van der Waals surface area contributed by atoms with E-state index < -0.39 is 9.84 Å². The average molecular weight is 348 g/mol. The highest BCUT2D eigenvalue weighted by molar-refractivity contribution is 9.10. The molecule has 3 nitrogen and oxygen atoms in total. The standard InChI is InChI=1S/C14H22BrNO2S/c1-4-9-16-14(8-10-19(3,17)18)12-6-5-7-13(15)11(12)2/h5-7,14,16H,4,8-10H2,1-3H3. The molecule has 0 aliphatic carbocycles. The van der Waals surface area contributed by atoms with E-state index in [1.54, 1.807) is 0 Å². The highest BCUT2D eigenvalue weighted by Crippen LogP contribution is 2.26. The van der Waals surface area contributed by atoms with E-state index in [0.29, 0.717) is 6.42 Å². The zero-order valence-corrected chi connectivity index (χ0v) is 14.1. The lowest BCUT2D eigenvalue weighted by molar-refractivity contribution is 0.511. The van der Waals surface area contributed by atoms with Crippen LogP contribution in [-0.4, -0.2) is 27.0 Å². The first-order chi connectivity index (χ1) is 8.85. The van der Waals surface area contributed by atoms with Crippen LogP contribution in [0, 0.1) is 6.92 Å². The SMILES string of the molecule is CCCNC(CCS(C)(=O)=O)c1cccc(Br)c1C. The van der Waals surface area contributed by atoms with Crippen molar-refractivity contribution in [3.8, 4) is 0 Å². The number of halogens is 1. The van der Waals surface area contributed by atoms with Crippen LogP contribution in [0.2, 0.25) is 0 Å². The smallest absolute Gasteiger partial charge is 0.147 e. The Morgan fingerprint density at radius 3 is 2.63 bits per heavy atom. The molecule has 0 bridgehead atoms. The Hall–Kier alpha value is -0.390. The molecule has 0 fully saturated rings. The number of nitrogens with one attached hydrogen (secondary N) is 1. The van der Waals surface area contributed by atoms with E-state index in [4.69, 9.17) is 0 Å². The van der Waals surface area contributed by atoms with Crippen molar-refractivity contribution in [2.24, 2.45) is 0 Å². The lowest BCUT2D eigenvalue weighted by Gasteiger charge is -2.21. The maximum absolute atomic E-state index is 11.4. The highest BCUT2D eigenvalue weighted by Gasteiger charge is 2.16. The van der Waals surface area contributed by atoms with E-state index in [2.05, 4.69) is 41.2 Å². The predicted molar refractivity (Wildman–Crippen MR) is 84.2 cm³/mol. The number of sulfone groups is 1. The fourth-order valence-electron chi connectivity index (χ4n) is 2.02. The van der Waals surface area contributed by atoms with Gasteiger partial charge in [0.2, 0.25) is 0 Å². The summed E-state index contributed by atoms with van der Waals surface area (Å²) >= 11 is 3.53. The van der Waals surface area contributed by atoms with Crippen LogP contribution in [0.25, 0.3) is 0 Å². The monoisotopic (exact) mass is 347 g/mol. The number of hydrogen-bond donors (Lipinski definition) is 1. The van der Waals surface area contributed by atoms with Crippen LogP contribution >= 0.6 is 15.9 Å². The van der Waals surface area contributed by atoms with Gasteiger partial charge >= 0.3 is 0 Å². The summed E-state index contributed by atoms with van der Waals surface area (Å²) in [5.74, 6) is 0.209. The van der Waals surface area contributed by atoms with Gasteiger partial charge in [-0.2, -0.15) is 0 Å². The molecule has 19 heavy (non-hydrogen) atoms. The average Bonchev–Trinajstić information content (AvgIpc) is 2.32. The Balaban J connectivity index is 2.92. The van der Waals surface area contributed by atoms with Crippen LogP contribution in [0.15, 0.2) is 22.7 Å². The third-order valence-electron chi connectivity index (χ3n) is 3.10. The number of hydrogen-bond acceptors (Lipinski definition) is 3. The molecule has 0 spiro atoms. The molecular formula is C14H22BrNO2S. The van der Waals surface area contributed by atoms with Gasteiger partial charge in [0.1, 0.15) is 9.84 Å². The Morgan fingerprint density at radius 1 is 1.37 bits per heavy atom. The van der Waals surface area contributed by atoms with Crippen LogP contribution in [-0.2, 0) is 9.84 Å². The van der Waals surface area contributed by atoms with E-state index in [1.807, 2.05) is 12.1 Å². The van der Waals surface area contributed by atoms with Gasteiger partial charge in [-0.05, 0) is 43.5 Å². The van der Waals surface area contributed by atoms with Crippen molar-refractivity contribution >= 4 is 25.8 Å². The molecular weight excluding hydrogens is 326 g/mol. The highest BCUT2D eigenvalue weighted by atomic mass is 79.9. The largest absolute Gasteiger partial charge is 0.310 e. The summed E-state index contributed by atoms with van der Waals surface area (Å²) in [7, 11) is -2.93. The zero-order valence-electron chi connectivity index (χ0n) is 11.7. The molecule has 0 saturated heterocycles. The molecule has 108 valence electrons. The first-order valence-electron chi connectivity index (χ1n) is 6.51. The fourth-order valence-corrected chi connectivity index (χ4v) is 3.07. The van der Waals surface area contributed by atoms with Crippen molar-refractivity contribution in [3.05, 3.63) is 33.8 Å². The molecule has 0 saturated carbocycles. The molecule has 0 radical (unpaired) electrons. The summed E-state index contributed by atoms with van der Waals surface area (Å²) in [6.07, 6.45) is 2.93. The lowest BCUT2D eigenvalue weighted by Crippen LogP contribution is -2.25. The Labute approximate surface area is 124 Å². The minimum Gasteiger partial charge on any atom is -0.310 e. The molecule has 0 aliphatic heterocycles. The molecule has 5 heteroatoms. The van der Waals surface area contributed by atoms with E-state index in [0.717, 1.165) is 17.4 Å². The normalized spacial score (nSPS) is 13.5. The van der Waals surface area contributed by atoms with E-state index in [9.17, 15) is 8.42 Å². The van der Waals surface area contributed by atoms with Crippen molar-refractivity contribution in [2.75, 3.05) is 18.6 Å². The van der Waals surface area contributed by atoms with Gasteiger partial charge in [0, 0.05) is 16.8 Å². The maximum atomic E-state index is 11.4. The van der Waals surface area contributed by atoms with Crippen molar-refractivity contribution in [1.29, 1.82) is 0 Å². The maximum Gasteiger partial charge on any atom is 0.147 e. The molecule has 0 heterocycles. The summed E-state index contributed by atoms with van der Waals surface area (Å²) in [6, 6.07) is 6.15. The summed E-state index contributed by atoms with van der Waals surface area (Å²) in [5.41, 5.74) is 2.34. The predicted octanol–water partition coefficient (Wildman–Crippen LogP) is 3.23. The van der Waals surface area contributed by atoms with Crippen molar-refractivity contribution in [3.63, 3.8) is 0 Å². The third kappa shape index (κ3) is 5.63. The quantitative estimate of drug-likeness (QED) is 0.823. The molecule has 0 aromatic heterocycles. The molecule has 0 amide bonds. The minimum atomic E-state index is -2.93. The van der Waals surface area contributed by atoms with Crippen molar-refractivity contribution in [1.82, 2.24) is 5.32 Å². The molecule has 1 N–H and O–H groups in total. The van der Waals surface area contributed by atoms with Crippen molar-refractivity contribution in [2.45, 2.75) is 32.7 Å². The summed E-state index contributed by atoms with van der Waals surface area (Å²) in [5, 5.41) is 3.44. The van der Waals surface area contributed by atoms with E-state index in [-0.39, 0.29) is 11.8 Å². The molecule has 1 aromatic rings. The molecule has 0 aliphatic rings. The lowest BCUT2D eigenvalue weighted by atomic mass is 9.99. The van der Waals surface area contributed by atoms with Crippen molar-refractivity contribution < 1.29 is 8.42 Å². The first kappa shape index (κ1) is 16.7. The van der Waals surface area contributed by atoms with Gasteiger partial charge in [-0.3, -0.25) is 0 Å². The second kappa shape index (κ2) is 7.41. The first-order valence-corrected chi connectivity index (χ1v) is 9.36. The summed E-state index contributed by atoms with van der Waals surface area (Å²) in [4.78, 5) is 0. The van der Waals surface area contributed by atoms with E-state index in [1.165, 1.54) is 17.4 Å². The van der Waals surface area contributed by atoms with Crippen LogP contribution in [0.4, 0.5) is 0 Å². The molecule has 1 atom stereocenters. The third-order valence-corrected chi connectivity index (χ3v) is 4.94. The minimum absolute atomic E-state index is 0.0900. The number of rotatable bonds is 7. The van der Waals surface area contributed by atoms with Crippen LogP contribution < -0.4 is 5.32 Å². The Bertz CT molecular complexity index is 514. The van der Waals surface area contributed by atoms with Gasteiger partial charge in [-0.1, -0.05) is 35.0 Å². The van der Waals surface area contributed by atoms with Gasteiger partial charge in [-0.25, -0.2) is 8.42 Å². The second-order valence-corrected chi connectivity index (χ2v) is 7.99. The topological polar surface area (TPSA) is 46.2 Å². The fraction of sp³-hybridized carbons (Fsp3) is 0.571. The van der Waals surface area contributed by atoms with Gasteiger partial charge < -0.3 is 5.32 Å². The van der Waals surface area contributed by atoms with Gasteiger partial charge in [0.05, 0.1) is 5.75 Å². The van der Waals surface area contributed by atoms with Gasteiger partial charge in [0.15, 0.2) is 0 Å². The molecule has 1 aromatic carbocycles. The van der Waals surface area contributed by atoms with Gasteiger partial charge in [-0.15, -0.1) is 0 Å². The Morgan fingerprint density at radius 2 is 2.05 bits per heavy atom. The zero-order chi connectivity index (χ0) is 14.5. The Kier molecular flexibility index (Phi) is 6.50. The second-order valence-electron chi connectivity index (χ2n) is 4.88. The number of benzene rings is 1. The molecule has 1 rings (SSSR count). The van der Waals surface area contributed by atoms with Crippen LogP contribution in [0.5, 0.6) is 0 Å². The summed E-state index contributed by atoms with van der Waals surface area (Å²) < 4.78 is 23.8. The summed E-state index contributed by atoms with van der Waals surface area (Å²) in [6.45, 7) is 5.05. The van der Waals surface area contributed by atoms with Gasteiger partial charge in [0.25, 0.3) is 0 Å². The van der Waals surface area contributed by atoms with Crippen LogP contribution in [0.3, 0.4) is 0 Å². The van der Waals surface area contributed by atoms with Crippen LogP contribution in [0.1, 0.15) is 36.9 Å². The van der Waals surface area contributed by atoms with E-state index >= 15 is 0 Å².